The Balaban J connectivity index is 2.36. The van der Waals surface area contributed by atoms with Gasteiger partial charge in [0.05, 0.1) is 5.92 Å². The molecular formula is C11H15N2O2+. The van der Waals surface area contributed by atoms with E-state index in [0.29, 0.717) is 6.54 Å². The molecular weight excluding hydrogens is 192 g/mol. The van der Waals surface area contributed by atoms with E-state index in [0.717, 1.165) is 5.69 Å². The Morgan fingerprint density at radius 3 is 2.60 bits per heavy atom. The Morgan fingerprint density at radius 2 is 2.13 bits per heavy atom. The van der Waals surface area contributed by atoms with Crippen molar-refractivity contribution in [1.29, 1.82) is 0 Å². The molecule has 0 aromatic heterocycles. The summed E-state index contributed by atoms with van der Waals surface area (Å²) in [6, 6.07) is 9.54. The second-order valence-corrected chi connectivity index (χ2v) is 4.00. The second kappa shape index (κ2) is 3.64. The first kappa shape index (κ1) is 10.1. The molecule has 2 unspecified atom stereocenters. The number of hydrogen-bond donors (Lipinski definition) is 2. The monoisotopic (exact) mass is 207 g/mol. The fourth-order valence-corrected chi connectivity index (χ4v) is 1.98. The summed E-state index contributed by atoms with van der Waals surface area (Å²) in [6.45, 7) is 2.35. The van der Waals surface area contributed by atoms with Gasteiger partial charge in [0.1, 0.15) is 6.54 Å². The van der Waals surface area contributed by atoms with E-state index in [-0.39, 0.29) is 23.1 Å². The van der Waals surface area contributed by atoms with Crippen molar-refractivity contribution >= 4 is 11.6 Å². The molecule has 1 fully saturated rings. The molecule has 1 aromatic rings. The molecule has 1 aliphatic rings. The van der Waals surface area contributed by atoms with Crippen LogP contribution in [-0.4, -0.2) is 24.3 Å². The van der Waals surface area contributed by atoms with Crippen molar-refractivity contribution in [3.05, 3.63) is 30.3 Å². The van der Waals surface area contributed by atoms with Crippen LogP contribution in [0.25, 0.3) is 0 Å². The lowest BCUT2D eigenvalue weighted by Gasteiger charge is -2.29. The third-order valence-electron chi connectivity index (χ3n) is 2.85. The fourth-order valence-electron chi connectivity index (χ4n) is 1.98. The van der Waals surface area contributed by atoms with Crippen molar-refractivity contribution in [2.24, 2.45) is 5.92 Å². The highest BCUT2D eigenvalue weighted by Crippen LogP contribution is 2.25. The maximum atomic E-state index is 11.5. The predicted octanol–water partition coefficient (Wildman–Crippen LogP) is 0.625. The molecule has 1 heterocycles. The lowest BCUT2D eigenvalue weighted by molar-refractivity contribution is -0.123. The van der Waals surface area contributed by atoms with Crippen molar-refractivity contribution in [2.75, 3.05) is 13.3 Å². The highest BCUT2D eigenvalue weighted by Gasteiger charge is 2.43. The first-order valence-electron chi connectivity index (χ1n) is 5.03. The minimum absolute atomic E-state index is 0.00657. The molecule has 4 nitrogen and oxygen atoms in total. The van der Waals surface area contributed by atoms with Crippen molar-refractivity contribution in [2.45, 2.75) is 6.92 Å². The Kier molecular flexibility index (Phi) is 2.46. The van der Waals surface area contributed by atoms with E-state index in [1.54, 1.807) is 0 Å². The number of nitrogens with zero attached hydrogens (tertiary/aromatic N) is 1. The number of hydrogen-bond acceptors (Lipinski definition) is 2. The molecule has 80 valence electrons. The molecule has 1 aliphatic heterocycles. The maximum absolute atomic E-state index is 11.5. The number of amides is 1. The van der Waals surface area contributed by atoms with Crippen LogP contribution in [0.2, 0.25) is 0 Å². The van der Waals surface area contributed by atoms with E-state index < -0.39 is 0 Å². The molecule has 2 N–H and O–H groups in total. The van der Waals surface area contributed by atoms with Gasteiger partial charge in [-0.15, -0.1) is 0 Å². The van der Waals surface area contributed by atoms with E-state index in [9.17, 15) is 9.90 Å². The smallest absolute Gasteiger partial charge is 0.274 e. The molecule has 1 saturated heterocycles. The number of rotatable bonds is 2. The number of para-hydroxylation sites is 1. The van der Waals surface area contributed by atoms with Gasteiger partial charge in [0.2, 0.25) is 6.73 Å². The number of quaternary nitrogens is 1. The highest BCUT2D eigenvalue weighted by molar-refractivity contribution is 5.82. The number of aliphatic hydroxyl groups excluding tert-OH is 1. The number of carbonyl (C=O) groups is 1. The van der Waals surface area contributed by atoms with Gasteiger partial charge in [0, 0.05) is 12.1 Å². The first-order valence-corrected chi connectivity index (χ1v) is 5.03. The van der Waals surface area contributed by atoms with Crippen LogP contribution < -0.4 is 10.0 Å². The zero-order valence-corrected chi connectivity index (χ0v) is 8.68. The Morgan fingerprint density at radius 1 is 1.47 bits per heavy atom. The lowest BCUT2D eigenvalue weighted by atomic mass is 10.2. The van der Waals surface area contributed by atoms with Crippen LogP contribution in [0.5, 0.6) is 0 Å². The number of carbonyl (C=O) groups excluding carboxylic acids is 1. The van der Waals surface area contributed by atoms with Gasteiger partial charge >= 0.3 is 0 Å². The molecule has 1 aromatic carbocycles. The van der Waals surface area contributed by atoms with Gasteiger partial charge in [-0.3, -0.25) is 4.79 Å². The average Bonchev–Trinajstić information content (AvgIpc) is 2.57. The van der Waals surface area contributed by atoms with E-state index in [4.69, 9.17) is 0 Å². The summed E-state index contributed by atoms with van der Waals surface area (Å²) in [4.78, 5) is 11.5. The van der Waals surface area contributed by atoms with Crippen LogP contribution in [0.3, 0.4) is 0 Å². The summed E-state index contributed by atoms with van der Waals surface area (Å²) >= 11 is 0. The van der Waals surface area contributed by atoms with Gasteiger partial charge in [0.15, 0.2) is 5.69 Å². The molecule has 2 atom stereocenters. The van der Waals surface area contributed by atoms with Gasteiger partial charge in [0.25, 0.3) is 5.91 Å². The number of benzene rings is 1. The summed E-state index contributed by atoms with van der Waals surface area (Å²) in [5.74, 6) is -0.0646. The van der Waals surface area contributed by atoms with Crippen LogP contribution in [0.4, 0.5) is 5.69 Å². The van der Waals surface area contributed by atoms with Gasteiger partial charge in [-0.05, 0) is 6.92 Å². The van der Waals surface area contributed by atoms with Crippen LogP contribution in [0.1, 0.15) is 6.92 Å². The second-order valence-electron chi connectivity index (χ2n) is 4.00. The fraction of sp³-hybridized carbons (Fsp3) is 0.364. The summed E-state index contributed by atoms with van der Waals surface area (Å²) < 4.78 is 0.140. The quantitative estimate of drug-likeness (QED) is 0.699. The van der Waals surface area contributed by atoms with Crippen LogP contribution in [0.15, 0.2) is 30.3 Å². The molecule has 4 heteroatoms. The van der Waals surface area contributed by atoms with Crippen LogP contribution in [0, 0.1) is 5.92 Å². The summed E-state index contributed by atoms with van der Waals surface area (Å²) in [6.07, 6.45) is 0. The van der Waals surface area contributed by atoms with Crippen LogP contribution >= 0.6 is 0 Å². The molecule has 0 spiro atoms. The molecule has 0 aliphatic carbocycles. The van der Waals surface area contributed by atoms with E-state index in [2.05, 4.69) is 5.43 Å². The topological polar surface area (TPSA) is 49.3 Å². The van der Waals surface area contributed by atoms with Gasteiger partial charge in [-0.2, -0.15) is 10.0 Å². The zero-order chi connectivity index (χ0) is 10.9. The molecule has 0 saturated carbocycles. The summed E-state index contributed by atoms with van der Waals surface area (Å²) in [7, 11) is 0. The summed E-state index contributed by atoms with van der Waals surface area (Å²) in [5, 5.41) is 9.46. The minimum atomic E-state index is -0.111. The SMILES string of the molecule is CC1C[N+](CO)(c2ccccc2)NC1=O. The molecule has 1 amide bonds. The van der Waals surface area contributed by atoms with Crippen molar-refractivity contribution in [3.63, 3.8) is 0 Å². The highest BCUT2D eigenvalue weighted by atomic mass is 16.3. The van der Waals surface area contributed by atoms with Gasteiger partial charge in [-0.1, -0.05) is 18.2 Å². The lowest BCUT2D eigenvalue weighted by Crippen LogP contribution is -2.56. The number of nitrogens with one attached hydrogen (secondary N) is 1. The van der Waals surface area contributed by atoms with E-state index >= 15 is 0 Å². The Labute approximate surface area is 88.7 Å². The van der Waals surface area contributed by atoms with Crippen molar-refractivity contribution < 1.29 is 9.90 Å². The molecule has 15 heavy (non-hydrogen) atoms. The molecule has 0 radical (unpaired) electrons. The standard InChI is InChI=1S/C11H14N2O2/c1-9-7-13(8-14,12-11(9)15)10-5-3-2-4-6-10/h2-6,9,14H,7-8H2,1H3/p+1. The van der Waals surface area contributed by atoms with Crippen molar-refractivity contribution in [1.82, 2.24) is 10.0 Å². The Hall–Kier alpha value is -1.39. The first-order chi connectivity index (χ1) is 7.18. The van der Waals surface area contributed by atoms with E-state index in [1.165, 1.54) is 0 Å². The minimum Gasteiger partial charge on any atom is -0.345 e. The van der Waals surface area contributed by atoms with Gasteiger partial charge in [-0.25, -0.2) is 0 Å². The predicted molar refractivity (Wildman–Crippen MR) is 57.5 cm³/mol. The molecule has 2 rings (SSSR count). The zero-order valence-electron chi connectivity index (χ0n) is 8.68. The largest absolute Gasteiger partial charge is 0.345 e. The van der Waals surface area contributed by atoms with Crippen molar-refractivity contribution in [3.8, 4) is 0 Å². The maximum Gasteiger partial charge on any atom is 0.274 e. The normalized spacial score (nSPS) is 30.3. The van der Waals surface area contributed by atoms with Crippen LogP contribution in [-0.2, 0) is 4.79 Å². The third-order valence-corrected chi connectivity index (χ3v) is 2.85. The average molecular weight is 207 g/mol. The Bertz CT molecular complexity index is 366. The number of aliphatic hydroxyl groups is 1. The molecule has 0 bridgehead atoms. The van der Waals surface area contributed by atoms with Gasteiger partial charge < -0.3 is 5.11 Å². The van der Waals surface area contributed by atoms with E-state index in [1.807, 2.05) is 37.3 Å². The third kappa shape index (κ3) is 1.62. The summed E-state index contributed by atoms with van der Waals surface area (Å²) in [5.41, 5.74) is 3.75.